The Balaban J connectivity index is 6.10. The van der Waals surface area contributed by atoms with Gasteiger partial charge in [0, 0.05) is 37.7 Å². The third-order valence-electron chi connectivity index (χ3n) is 7.93. The zero-order valence-corrected chi connectivity index (χ0v) is 34.8. The summed E-state index contributed by atoms with van der Waals surface area (Å²) in [5.74, 6) is -1.91. The lowest BCUT2D eigenvalue weighted by atomic mass is 10.1. The van der Waals surface area contributed by atoms with Crippen molar-refractivity contribution in [3.05, 3.63) is 0 Å². The summed E-state index contributed by atoms with van der Waals surface area (Å²) in [7, 11) is 0. The van der Waals surface area contributed by atoms with Gasteiger partial charge in [-0.15, -0.1) is 0 Å². The second-order valence-electron chi connectivity index (χ2n) is 13.3. The van der Waals surface area contributed by atoms with Crippen molar-refractivity contribution in [1.29, 1.82) is 0 Å². The molecule has 23 heteroatoms. The van der Waals surface area contributed by atoms with Crippen molar-refractivity contribution >= 4 is 59.0 Å². The predicted molar refractivity (Wildman–Crippen MR) is 222 cm³/mol. The van der Waals surface area contributed by atoms with Crippen LogP contribution >= 0.6 is 11.8 Å². The van der Waals surface area contributed by atoms with Crippen LogP contribution in [0.2, 0.25) is 0 Å². The molecule has 6 unspecified atom stereocenters. The van der Waals surface area contributed by atoms with Gasteiger partial charge in [0.2, 0.25) is 0 Å². The number of rotatable bonds is 32. The lowest BCUT2D eigenvalue weighted by Gasteiger charge is -2.29. The third-order valence-corrected chi connectivity index (χ3v) is 8.99. The lowest BCUT2D eigenvalue weighted by Crippen LogP contribution is -2.49. The van der Waals surface area contributed by atoms with Crippen LogP contribution in [0.15, 0.2) is 20.0 Å². The average molecular weight is 851 g/mol. The molecule has 0 saturated heterocycles. The summed E-state index contributed by atoms with van der Waals surface area (Å²) < 4.78 is 34.8. The van der Waals surface area contributed by atoms with Gasteiger partial charge in [-0.3, -0.25) is 49.8 Å². The van der Waals surface area contributed by atoms with E-state index in [0.29, 0.717) is 81.4 Å². The third kappa shape index (κ3) is 27.5. The number of nitrogens with one attached hydrogen (secondary N) is 1. The van der Waals surface area contributed by atoms with Crippen LogP contribution in [0.1, 0.15) is 78.6 Å². The first-order chi connectivity index (χ1) is 27.5. The molecule has 0 aromatic heterocycles. The Morgan fingerprint density at radius 1 is 0.621 bits per heavy atom. The van der Waals surface area contributed by atoms with E-state index in [1.54, 1.807) is 20.8 Å². The van der Waals surface area contributed by atoms with Gasteiger partial charge in [0.1, 0.15) is 55.7 Å². The first-order valence-corrected chi connectivity index (χ1v) is 20.3. The minimum atomic E-state index is -1.54. The van der Waals surface area contributed by atoms with Crippen LogP contribution in [0.4, 0.5) is 4.39 Å². The second kappa shape index (κ2) is 32.8. The van der Waals surface area contributed by atoms with E-state index in [9.17, 15) is 23.6 Å². The number of aliphatic imine (C=N–C) groups is 4. The SMILES string of the molecule is CC(N)=NCCCCC(N)C(=O)OC(COC(=O)C(N)CCCCN=C(C)NO)C(COC(=O)C(N)CCCCN=C(N)CF)OC(=O)C(N)CSCCN=C(C)N. The number of alkyl halides is 1. The standard InChI is InChI=1S/C35H67FN12O9S/c1-22(37)44-13-7-4-12-27(41)34(51)56-29(19-54-32(49)25(39)10-5-8-14-46-24(3)48-53)30(57-35(52)28(42)21-58-17-16-45-23(2)38)20-55-33(50)26(40)11-6-9-15-47-31(43)18-36/h25-30,53H,4-21,39-42H2,1-3H3,(H2,37,44)(H2,38,45)(H2,43,47)(H,46,48). The van der Waals surface area contributed by atoms with E-state index in [-0.39, 0.29) is 37.4 Å². The van der Waals surface area contributed by atoms with Crippen LogP contribution in [0.25, 0.3) is 0 Å². The summed E-state index contributed by atoms with van der Waals surface area (Å²) in [4.78, 5) is 68.6. The quantitative estimate of drug-likeness (QED) is 0.00971. The average Bonchev–Trinajstić information content (AvgIpc) is 3.18. The molecule has 0 radical (unpaired) electrons. The number of carbonyl (C=O) groups is 4. The molecule has 0 rings (SSSR count). The van der Waals surface area contributed by atoms with Crippen molar-refractivity contribution in [2.24, 2.45) is 60.1 Å². The number of ether oxygens (including phenoxy) is 4. The molecule has 334 valence electrons. The van der Waals surface area contributed by atoms with E-state index in [1.165, 1.54) is 11.8 Å². The van der Waals surface area contributed by atoms with Gasteiger partial charge in [-0.05, 0) is 78.6 Å². The lowest BCUT2D eigenvalue weighted by molar-refractivity contribution is -0.184. The number of carbonyl (C=O) groups excluding carboxylic acids is 4. The van der Waals surface area contributed by atoms with E-state index in [4.69, 9.17) is 64.3 Å². The molecule has 0 bridgehead atoms. The smallest absolute Gasteiger partial charge is 0.324 e. The molecular formula is C35H67FN12O9S. The monoisotopic (exact) mass is 850 g/mol. The number of unbranched alkanes of at least 4 members (excludes halogenated alkanes) is 3. The Hall–Kier alpha value is -4.16. The number of hydrogen-bond acceptors (Lipinski definition) is 18. The maximum Gasteiger partial charge on any atom is 0.324 e. The predicted octanol–water partition coefficient (Wildman–Crippen LogP) is -1.07. The Bertz CT molecular complexity index is 1240. The number of esters is 4. The molecule has 0 aliphatic rings. The Morgan fingerprint density at radius 2 is 1.03 bits per heavy atom. The number of hydroxylamine groups is 1. The largest absolute Gasteiger partial charge is 0.460 e. The number of halogens is 1. The van der Waals surface area contributed by atoms with Crippen LogP contribution in [0.5, 0.6) is 0 Å². The van der Waals surface area contributed by atoms with Crippen LogP contribution in [0.3, 0.4) is 0 Å². The maximum absolute atomic E-state index is 13.3. The zero-order chi connectivity index (χ0) is 43.9. The summed E-state index contributed by atoms with van der Waals surface area (Å²) in [5.41, 5.74) is 42.8. The van der Waals surface area contributed by atoms with E-state index in [2.05, 4.69) is 20.0 Å². The van der Waals surface area contributed by atoms with Gasteiger partial charge in [-0.25, -0.2) is 4.39 Å². The highest BCUT2D eigenvalue weighted by molar-refractivity contribution is 7.99. The van der Waals surface area contributed by atoms with E-state index < -0.39 is 80.1 Å². The number of thioether (sulfide) groups is 1. The molecule has 0 aromatic carbocycles. The van der Waals surface area contributed by atoms with Crippen molar-refractivity contribution in [3.63, 3.8) is 0 Å². The highest BCUT2D eigenvalue weighted by Gasteiger charge is 2.35. The van der Waals surface area contributed by atoms with Crippen molar-refractivity contribution in [3.8, 4) is 0 Å². The zero-order valence-electron chi connectivity index (χ0n) is 34.0. The van der Waals surface area contributed by atoms with E-state index in [0.717, 1.165) is 0 Å². The van der Waals surface area contributed by atoms with Crippen LogP contribution in [-0.2, 0) is 38.1 Å². The molecule has 0 aliphatic carbocycles. The van der Waals surface area contributed by atoms with Crippen LogP contribution in [0, 0.1) is 0 Å². The second-order valence-corrected chi connectivity index (χ2v) is 14.5. The van der Waals surface area contributed by atoms with E-state index in [1.807, 2.05) is 5.48 Å². The normalized spacial score (nSPS) is 15.7. The van der Waals surface area contributed by atoms with Crippen molar-refractivity contribution in [2.45, 2.75) is 115 Å². The van der Waals surface area contributed by atoms with Gasteiger partial charge in [-0.2, -0.15) is 11.8 Å². The Labute approximate surface area is 344 Å². The molecule has 0 fully saturated rings. The fourth-order valence-electron chi connectivity index (χ4n) is 4.60. The van der Waals surface area contributed by atoms with Crippen LogP contribution < -0.4 is 45.6 Å². The Morgan fingerprint density at radius 3 is 1.48 bits per heavy atom. The number of amidine groups is 4. The van der Waals surface area contributed by atoms with Gasteiger partial charge in [-0.1, -0.05) is 0 Å². The van der Waals surface area contributed by atoms with Crippen molar-refractivity contribution < 1.29 is 47.7 Å². The van der Waals surface area contributed by atoms with Gasteiger partial charge in [0.05, 0.1) is 11.7 Å². The molecule has 6 atom stereocenters. The molecule has 0 saturated carbocycles. The number of nitrogens with zero attached hydrogens (tertiary/aromatic N) is 4. The molecule has 58 heavy (non-hydrogen) atoms. The first kappa shape index (κ1) is 53.8. The van der Waals surface area contributed by atoms with Crippen molar-refractivity contribution in [2.75, 3.05) is 57.6 Å². The molecular weight excluding hydrogens is 784 g/mol. The molecule has 0 spiro atoms. The number of nitrogens with two attached hydrogens (primary N) is 7. The summed E-state index contributed by atoms with van der Waals surface area (Å²) in [6, 6.07) is -4.48. The highest BCUT2D eigenvalue weighted by atomic mass is 32.2. The number of hydrogen-bond donors (Lipinski definition) is 9. The summed E-state index contributed by atoms with van der Waals surface area (Å²) in [6.45, 7) is 4.13. The fourth-order valence-corrected chi connectivity index (χ4v) is 5.38. The molecule has 21 nitrogen and oxygen atoms in total. The van der Waals surface area contributed by atoms with E-state index >= 15 is 0 Å². The first-order valence-electron chi connectivity index (χ1n) is 19.1. The summed E-state index contributed by atoms with van der Waals surface area (Å²) >= 11 is 1.31. The molecule has 0 aliphatic heterocycles. The van der Waals surface area contributed by atoms with Gasteiger partial charge in [0.15, 0.2) is 12.2 Å². The maximum atomic E-state index is 13.3. The summed E-state index contributed by atoms with van der Waals surface area (Å²) in [5, 5.41) is 8.85. The topological polar surface area (TPSA) is 369 Å². The molecule has 0 amide bonds. The minimum absolute atomic E-state index is 0.116. The van der Waals surface area contributed by atoms with Gasteiger partial charge in [0.25, 0.3) is 0 Å². The molecule has 16 N–H and O–H groups in total. The van der Waals surface area contributed by atoms with Crippen molar-refractivity contribution in [1.82, 2.24) is 5.48 Å². The molecule has 0 aromatic rings. The molecule has 0 heterocycles. The fraction of sp³-hybridized carbons (Fsp3) is 0.771. The van der Waals surface area contributed by atoms with Gasteiger partial charge < -0.3 is 59.1 Å². The highest BCUT2D eigenvalue weighted by Crippen LogP contribution is 2.15. The minimum Gasteiger partial charge on any atom is -0.460 e. The van der Waals surface area contributed by atoms with Gasteiger partial charge >= 0.3 is 23.9 Å². The Kier molecular flexibility index (Phi) is 30.4. The summed E-state index contributed by atoms with van der Waals surface area (Å²) in [6.07, 6.45) is 0.549. The van der Waals surface area contributed by atoms with Crippen LogP contribution in [-0.4, -0.2) is 146 Å².